The third-order valence-corrected chi connectivity index (χ3v) is 2.87. The van der Waals surface area contributed by atoms with Crippen molar-refractivity contribution in [1.82, 2.24) is 4.57 Å². The van der Waals surface area contributed by atoms with Crippen LogP contribution in [0.15, 0.2) is 24.3 Å². The minimum Gasteiger partial charge on any atom is -0.342 e. The van der Waals surface area contributed by atoms with Crippen LogP contribution in [0, 0.1) is 6.92 Å². The highest BCUT2D eigenvalue weighted by Crippen LogP contribution is 2.26. The van der Waals surface area contributed by atoms with Crippen LogP contribution in [-0.2, 0) is 6.54 Å². The molecule has 0 radical (unpaired) electrons. The van der Waals surface area contributed by atoms with Crippen LogP contribution in [0.5, 0.6) is 0 Å². The van der Waals surface area contributed by atoms with E-state index in [2.05, 4.69) is 49.6 Å². The van der Waals surface area contributed by atoms with Crippen molar-refractivity contribution in [1.29, 1.82) is 0 Å². The zero-order valence-corrected chi connectivity index (χ0v) is 9.62. The maximum absolute atomic E-state index is 5.78. The summed E-state index contributed by atoms with van der Waals surface area (Å²) in [6, 6.07) is 9.06. The van der Waals surface area contributed by atoms with Crippen LogP contribution in [0.3, 0.4) is 0 Å². The van der Waals surface area contributed by atoms with Crippen molar-refractivity contribution < 1.29 is 0 Å². The Morgan fingerprint density at radius 2 is 2.07 bits per heavy atom. The van der Waals surface area contributed by atoms with Gasteiger partial charge in [-0.1, -0.05) is 18.2 Å². The van der Waals surface area contributed by atoms with Crippen molar-refractivity contribution in [2.75, 3.05) is 0 Å². The van der Waals surface area contributed by atoms with Gasteiger partial charge in [0.25, 0.3) is 0 Å². The van der Waals surface area contributed by atoms with Gasteiger partial charge in [0.15, 0.2) is 0 Å². The summed E-state index contributed by atoms with van der Waals surface area (Å²) in [4.78, 5) is 0. The fourth-order valence-electron chi connectivity index (χ4n) is 2.32. The summed E-state index contributed by atoms with van der Waals surface area (Å²) in [5.41, 5.74) is 9.62. The van der Waals surface area contributed by atoms with Crippen LogP contribution in [0.2, 0.25) is 0 Å². The molecule has 80 valence electrons. The van der Waals surface area contributed by atoms with E-state index in [-0.39, 0.29) is 0 Å². The van der Waals surface area contributed by atoms with Crippen molar-refractivity contribution >= 4 is 10.9 Å². The molecular weight excluding hydrogens is 184 g/mol. The minimum absolute atomic E-state index is 0.482. The second kappa shape index (κ2) is 3.70. The Morgan fingerprint density at radius 1 is 1.33 bits per heavy atom. The fraction of sp³-hybridized carbons (Fsp3) is 0.385. The summed E-state index contributed by atoms with van der Waals surface area (Å²) in [7, 11) is 0. The van der Waals surface area contributed by atoms with Crippen LogP contribution in [0.1, 0.15) is 31.1 Å². The first-order valence-corrected chi connectivity index (χ1v) is 5.44. The molecule has 0 spiro atoms. The van der Waals surface area contributed by atoms with Gasteiger partial charge >= 0.3 is 0 Å². The smallest absolute Gasteiger partial charge is 0.0530 e. The number of rotatable bonds is 2. The molecule has 2 heteroatoms. The van der Waals surface area contributed by atoms with Crippen molar-refractivity contribution in [3.8, 4) is 0 Å². The molecule has 0 aliphatic rings. The van der Waals surface area contributed by atoms with Crippen LogP contribution >= 0.6 is 0 Å². The van der Waals surface area contributed by atoms with Crippen LogP contribution < -0.4 is 5.73 Å². The molecule has 0 atom stereocenters. The highest BCUT2D eigenvalue weighted by Gasteiger charge is 2.10. The monoisotopic (exact) mass is 202 g/mol. The zero-order chi connectivity index (χ0) is 11.0. The number of hydrogen-bond donors (Lipinski definition) is 1. The van der Waals surface area contributed by atoms with Crippen LogP contribution in [0.25, 0.3) is 10.9 Å². The third-order valence-electron chi connectivity index (χ3n) is 2.87. The van der Waals surface area contributed by atoms with Crippen molar-refractivity contribution in [2.45, 2.75) is 33.4 Å². The van der Waals surface area contributed by atoms with E-state index >= 15 is 0 Å². The Bertz CT molecular complexity index is 480. The Hall–Kier alpha value is -1.28. The predicted molar refractivity (Wildman–Crippen MR) is 65.0 cm³/mol. The summed E-state index contributed by atoms with van der Waals surface area (Å²) in [5, 5.41) is 1.30. The Balaban J connectivity index is 2.82. The zero-order valence-electron chi connectivity index (χ0n) is 9.62. The number of fused-ring (bicyclic) bond motifs is 1. The molecule has 2 nitrogen and oxygen atoms in total. The molecule has 0 bridgehead atoms. The lowest BCUT2D eigenvalue weighted by Gasteiger charge is -2.14. The molecular formula is C13H18N2. The maximum atomic E-state index is 5.78. The van der Waals surface area contributed by atoms with Crippen molar-refractivity contribution in [3.05, 3.63) is 35.5 Å². The largest absolute Gasteiger partial charge is 0.342 e. The van der Waals surface area contributed by atoms with E-state index in [1.165, 1.54) is 22.2 Å². The van der Waals surface area contributed by atoms with E-state index in [1.807, 2.05) is 0 Å². The second-order valence-electron chi connectivity index (χ2n) is 4.31. The lowest BCUT2D eigenvalue weighted by Crippen LogP contribution is -2.06. The van der Waals surface area contributed by atoms with Crippen LogP contribution in [0.4, 0.5) is 0 Å². The quantitative estimate of drug-likeness (QED) is 0.797. The van der Waals surface area contributed by atoms with Gasteiger partial charge in [-0.15, -0.1) is 0 Å². The van der Waals surface area contributed by atoms with Gasteiger partial charge in [-0.2, -0.15) is 0 Å². The molecule has 2 N–H and O–H groups in total. The van der Waals surface area contributed by atoms with Gasteiger partial charge in [-0.05, 0) is 32.4 Å². The molecule has 2 rings (SSSR count). The average molecular weight is 202 g/mol. The van der Waals surface area contributed by atoms with Gasteiger partial charge in [0.2, 0.25) is 0 Å². The molecule has 15 heavy (non-hydrogen) atoms. The van der Waals surface area contributed by atoms with Gasteiger partial charge < -0.3 is 10.3 Å². The van der Waals surface area contributed by atoms with Crippen LogP contribution in [-0.4, -0.2) is 4.57 Å². The molecule has 2 aromatic rings. The number of hydrogen-bond acceptors (Lipinski definition) is 1. The summed E-state index contributed by atoms with van der Waals surface area (Å²) in [6.45, 7) is 7.17. The Morgan fingerprint density at radius 3 is 2.67 bits per heavy atom. The fourth-order valence-corrected chi connectivity index (χ4v) is 2.32. The number of aromatic nitrogens is 1. The first kappa shape index (κ1) is 10.2. The lowest BCUT2D eigenvalue weighted by atomic mass is 10.1. The van der Waals surface area contributed by atoms with E-state index in [4.69, 9.17) is 5.73 Å². The second-order valence-corrected chi connectivity index (χ2v) is 4.31. The average Bonchev–Trinajstić information content (AvgIpc) is 2.53. The van der Waals surface area contributed by atoms with Gasteiger partial charge in [-0.3, -0.25) is 0 Å². The first-order chi connectivity index (χ1) is 7.15. The summed E-state index contributed by atoms with van der Waals surface area (Å²) in [6.07, 6.45) is 0. The molecule has 0 aliphatic heterocycles. The molecule has 0 unspecified atom stereocenters. The highest BCUT2D eigenvalue weighted by molar-refractivity contribution is 5.84. The number of aryl methyl sites for hydroxylation is 1. The van der Waals surface area contributed by atoms with Gasteiger partial charge in [0, 0.05) is 23.7 Å². The van der Waals surface area contributed by atoms with Gasteiger partial charge in [0.1, 0.15) is 0 Å². The van der Waals surface area contributed by atoms with Crippen molar-refractivity contribution in [3.63, 3.8) is 0 Å². The molecule has 0 saturated carbocycles. The standard InChI is InChI=1S/C13H18N2/c1-9(2)15-10(3)7-11-5-4-6-12(8-14)13(11)15/h4-7,9H,8,14H2,1-3H3. The molecule has 0 amide bonds. The summed E-state index contributed by atoms with van der Waals surface area (Å²) < 4.78 is 2.36. The number of nitrogens with two attached hydrogens (primary N) is 1. The molecule has 1 heterocycles. The summed E-state index contributed by atoms with van der Waals surface area (Å²) >= 11 is 0. The highest BCUT2D eigenvalue weighted by atomic mass is 15.0. The van der Waals surface area contributed by atoms with E-state index in [0.29, 0.717) is 12.6 Å². The van der Waals surface area contributed by atoms with E-state index in [9.17, 15) is 0 Å². The molecule has 1 aromatic carbocycles. The van der Waals surface area contributed by atoms with E-state index < -0.39 is 0 Å². The predicted octanol–water partition coefficient (Wildman–Crippen LogP) is 2.99. The number of nitrogens with zero attached hydrogens (tertiary/aromatic N) is 1. The number of para-hydroxylation sites is 1. The molecule has 0 fully saturated rings. The SMILES string of the molecule is Cc1cc2cccc(CN)c2n1C(C)C. The summed E-state index contributed by atoms with van der Waals surface area (Å²) in [5.74, 6) is 0. The third kappa shape index (κ3) is 1.55. The first-order valence-electron chi connectivity index (χ1n) is 5.44. The topological polar surface area (TPSA) is 30.9 Å². The van der Waals surface area contributed by atoms with Crippen molar-refractivity contribution in [2.24, 2.45) is 5.73 Å². The molecule has 0 saturated heterocycles. The number of benzene rings is 1. The normalized spacial score (nSPS) is 11.5. The van der Waals surface area contributed by atoms with Gasteiger partial charge in [0.05, 0.1) is 5.52 Å². The Kier molecular flexibility index (Phi) is 2.53. The van der Waals surface area contributed by atoms with E-state index in [0.717, 1.165) is 0 Å². The Labute approximate surface area is 90.7 Å². The van der Waals surface area contributed by atoms with E-state index in [1.54, 1.807) is 0 Å². The molecule has 0 aliphatic carbocycles. The van der Waals surface area contributed by atoms with Gasteiger partial charge in [-0.25, -0.2) is 0 Å². The molecule has 1 aromatic heterocycles. The lowest BCUT2D eigenvalue weighted by molar-refractivity contribution is 0.606. The minimum atomic E-state index is 0.482. The maximum Gasteiger partial charge on any atom is 0.0530 e.